The second kappa shape index (κ2) is 3.90. The van der Waals surface area contributed by atoms with Gasteiger partial charge >= 0.3 is 0 Å². The Kier molecular flexibility index (Phi) is 3.09. The highest BCUT2D eigenvalue weighted by Crippen LogP contribution is 2.13. The molecule has 0 bridgehead atoms. The highest BCUT2D eigenvalue weighted by molar-refractivity contribution is 5.73. The van der Waals surface area contributed by atoms with Gasteiger partial charge in [0.1, 0.15) is 0 Å². The van der Waals surface area contributed by atoms with Gasteiger partial charge in [0.15, 0.2) is 0 Å². The molecule has 70 valence electrons. The van der Waals surface area contributed by atoms with Crippen LogP contribution in [-0.2, 0) is 4.79 Å². The fraction of sp³-hybridized carbons (Fsp3) is 0.889. The molecular formula is C9H18N2O. The molecule has 1 unspecified atom stereocenters. The summed E-state index contributed by atoms with van der Waals surface area (Å²) in [6.45, 7) is 6.71. The summed E-state index contributed by atoms with van der Waals surface area (Å²) < 4.78 is 0. The maximum absolute atomic E-state index is 11.0. The number of hydrogen-bond acceptors (Lipinski definition) is 2. The van der Waals surface area contributed by atoms with E-state index in [1.165, 1.54) is 0 Å². The molecule has 1 amide bonds. The van der Waals surface area contributed by atoms with E-state index in [2.05, 4.69) is 18.9 Å². The molecule has 1 heterocycles. The van der Waals surface area contributed by atoms with Crippen LogP contribution in [0.4, 0.5) is 0 Å². The Morgan fingerprint density at radius 2 is 2.33 bits per heavy atom. The Labute approximate surface area is 74.3 Å². The van der Waals surface area contributed by atoms with Gasteiger partial charge in [0.05, 0.1) is 0 Å². The van der Waals surface area contributed by atoms with Crippen molar-refractivity contribution in [1.29, 1.82) is 0 Å². The standard InChI is InChI=1S/C9H18N2O/c1-4-10(3)9-5-6-11(7-9)8(2)12/h9H,4-7H2,1-3H3. The van der Waals surface area contributed by atoms with Crippen LogP contribution in [0.3, 0.4) is 0 Å². The molecular weight excluding hydrogens is 152 g/mol. The van der Waals surface area contributed by atoms with E-state index in [9.17, 15) is 4.79 Å². The Balaban J connectivity index is 2.40. The van der Waals surface area contributed by atoms with Gasteiger partial charge in [0.25, 0.3) is 0 Å². The molecule has 1 atom stereocenters. The van der Waals surface area contributed by atoms with Crippen LogP contribution in [0.1, 0.15) is 20.3 Å². The molecule has 3 heteroatoms. The van der Waals surface area contributed by atoms with Crippen LogP contribution in [0.5, 0.6) is 0 Å². The van der Waals surface area contributed by atoms with E-state index in [0.717, 1.165) is 26.1 Å². The SMILES string of the molecule is CCN(C)C1CCN(C(C)=O)C1. The van der Waals surface area contributed by atoms with Crippen molar-refractivity contribution >= 4 is 5.91 Å². The van der Waals surface area contributed by atoms with Gasteiger partial charge in [-0.2, -0.15) is 0 Å². The molecule has 0 spiro atoms. The van der Waals surface area contributed by atoms with Gasteiger partial charge in [-0.15, -0.1) is 0 Å². The lowest BCUT2D eigenvalue weighted by Gasteiger charge is -2.22. The molecule has 1 aliphatic rings. The Morgan fingerprint density at radius 1 is 1.67 bits per heavy atom. The summed E-state index contributed by atoms with van der Waals surface area (Å²) in [6.07, 6.45) is 1.13. The van der Waals surface area contributed by atoms with Gasteiger partial charge in [-0.25, -0.2) is 0 Å². The minimum Gasteiger partial charge on any atom is -0.341 e. The van der Waals surface area contributed by atoms with E-state index in [-0.39, 0.29) is 5.91 Å². The minimum absolute atomic E-state index is 0.210. The minimum atomic E-state index is 0.210. The summed E-state index contributed by atoms with van der Waals surface area (Å²) in [5.74, 6) is 0.210. The van der Waals surface area contributed by atoms with Crippen molar-refractivity contribution < 1.29 is 4.79 Å². The van der Waals surface area contributed by atoms with Crippen LogP contribution in [0.15, 0.2) is 0 Å². The summed E-state index contributed by atoms with van der Waals surface area (Å²) >= 11 is 0. The molecule has 0 aromatic carbocycles. The second-order valence-corrected chi connectivity index (χ2v) is 3.48. The Hall–Kier alpha value is -0.570. The van der Waals surface area contributed by atoms with E-state index < -0.39 is 0 Å². The van der Waals surface area contributed by atoms with Crippen LogP contribution in [0.2, 0.25) is 0 Å². The summed E-state index contributed by atoms with van der Waals surface area (Å²) in [5, 5.41) is 0. The van der Waals surface area contributed by atoms with Crippen LogP contribution in [0.25, 0.3) is 0 Å². The second-order valence-electron chi connectivity index (χ2n) is 3.48. The largest absolute Gasteiger partial charge is 0.341 e. The quantitative estimate of drug-likeness (QED) is 0.604. The van der Waals surface area contributed by atoms with E-state index >= 15 is 0 Å². The van der Waals surface area contributed by atoms with Gasteiger partial charge in [-0.05, 0) is 20.0 Å². The first-order valence-corrected chi connectivity index (χ1v) is 4.61. The third-order valence-electron chi connectivity index (χ3n) is 2.73. The van der Waals surface area contributed by atoms with E-state index in [1.54, 1.807) is 6.92 Å². The number of nitrogens with zero attached hydrogens (tertiary/aromatic N) is 2. The third-order valence-corrected chi connectivity index (χ3v) is 2.73. The number of amides is 1. The van der Waals surface area contributed by atoms with Crippen LogP contribution in [-0.4, -0.2) is 48.4 Å². The van der Waals surface area contributed by atoms with Gasteiger partial charge in [-0.3, -0.25) is 4.79 Å². The summed E-state index contributed by atoms with van der Waals surface area (Å²) in [6, 6.07) is 0.582. The highest BCUT2D eigenvalue weighted by atomic mass is 16.2. The van der Waals surface area contributed by atoms with E-state index in [1.807, 2.05) is 4.90 Å². The van der Waals surface area contributed by atoms with Crippen molar-refractivity contribution in [1.82, 2.24) is 9.80 Å². The number of hydrogen-bond donors (Lipinski definition) is 0. The number of rotatable bonds is 2. The Bertz CT molecular complexity index is 170. The number of carbonyl (C=O) groups is 1. The number of carbonyl (C=O) groups excluding carboxylic acids is 1. The van der Waals surface area contributed by atoms with E-state index in [4.69, 9.17) is 0 Å². The highest BCUT2D eigenvalue weighted by Gasteiger charge is 2.25. The molecule has 0 saturated carbocycles. The van der Waals surface area contributed by atoms with E-state index in [0.29, 0.717) is 6.04 Å². The van der Waals surface area contributed by atoms with Gasteiger partial charge in [-0.1, -0.05) is 6.92 Å². The van der Waals surface area contributed by atoms with Crippen LogP contribution < -0.4 is 0 Å². The number of likely N-dealkylation sites (tertiary alicyclic amines) is 1. The molecule has 1 aliphatic heterocycles. The van der Waals surface area contributed by atoms with Gasteiger partial charge in [0, 0.05) is 26.1 Å². The first kappa shape index (κ1) is 9.52. The van der Waals surface area contributed by atoms with Crippen LogP contribution >= 0.6 is 0 Å². The maximum atomic E-state index is 11.0. The van der Waals surface area contributed by atoms with Crippen LogP contribution in [0, 0.1) is 0 Å². The molecule has 0 aromatic rings. The van der Waals surface area contributed by atoms with Gasteiger partial charge in [0.2, 0.25) is 5.91 Å². The fourth-order valence-corrected chi connectivity index (χ4v) is 1.65. The van der Waals surface area contributed by atoms with Gasteiger partial charge < -0.3 is 9.80 Å². The predicted molar refractivity (Wildman–Crippen MR) is 49.0 cm³/mol. The lowest BCUT2D eigenvalue weighted by atomic mass is 10.2. The monoisotopic (exact) mass is 170 g/mol. The summed E-state index contributed by atoms with van der Waals surface area (Å²) in [4.78, 5) is 15.2. The first-order chi connectivity index (χ1) is 5.65. The third kappa shape index (κ3) is 1.97. The molecule has 0 aromatic heterocycles. The lowest BCUT2D eigenvalue weighted by Crippen LogP contribution is -2.35. The molecule has 3 nitrogen and oxygen atoms in total. The maximum Gasteiger partial charge on any atom is 0.219 e. The zero-order chi connectivity index (χ0) is 9.14. The van der Waals surface area contributed by atoms with Crippen molar-refractivity contribution in [3.63, 3.8) is 0 Å². The summed E-state index contributed by atoms with van der Waals surface area (Å²) in [7, 11) is 2.12. The number of likely N-dealkylation sites (N-methyl/N-ethyl adjacent to an activating group) is 1. The Morgan fingerprint density at radius 3 is 2.75 bits per heavy atom. The molecule has 1 saturated heterocycles. The average Bonchev–Trinajstić information content (AvgIpc) is 2.51. The van der Waals surface area contributed by atoms with Crippen molar-refractivity contribution in [2.75, 3.05) is 26.7 Å². The predicted octanol–water partition coefficient (Wildman–Crippen LogP) is 0.559. The lowest BCUT2D eigenvalue weighted by molar-refractivity contribution is -0.127. The normalized spacial score (nSPS) is 23.7. The topological polar surface area (TPSA) is 23.6 Å². The van der Waals surface area contributed by atoms with Crippen molar-refractivity contribution in [2.45, 2.75) is 26.3 Å². The molecule has 0 N–H and O–H groups in total. The molecule has 0 radical (unpaired) electrons. The van der Waals surface area contributed by atoms with Crippen molar-refractivity contribution in [2.24, 2.45) is 0 Å². The van der Waals surface area contributed by atoms with Crippen molar-refractivity contribution in [3.8, 4) is 0 Å². The first-order valence-electron chi connectivity index (χ1n) is 4.61. The molecule has 1 rings (SSSR count). The smallest absolute Gasteiger partial charge is 0.219 e. The zero-order valence-corrected chi connectivity index (χ0v) is 8.21. The zero-order valence-electron chi connectivity index (χ0n) is 8.21. The molecule has 0 aliphatic carbocycles. The average molecular weight is 170 g/mol. The molecule has 1 fully saturated rings. The fourth-order valence-electron chi connectivity index (χ4n) is 1.65. The summed E-state index contributed by atoms with van der Waals surface area (Å²) in [5.41, 5.74) is 0. The molecule has 12 heavy (non-hydrogen) atoms. The van der Waals surface area contributed by atoms with Crippen molar-refractivity contribution in [3.05, 3.63) is 0 Å².